The normalized spacial score (nSPS) is 15.1. The molecule has 0 spiro atoms. The van der Waals surface area contributed by atoms with Crippen LogP contribution in [0.3, 0.4) is 0 Å². The molecule has 1 fully saturated rings. The van der Waals surface area contributed by atoms with Crippen LogP contribution in [0.1, 0.15) is 54.3 Å². The second kappa shape index (κ2) is 8.15. The maximum atomic E-state index is 12.7. The van der Waals surface area contributed by atoms with Crippen LogP contribution >= 0.6 is 22.7 Å². The van der Waals surface area contributed by atoms with Crippen molar-refractivity contribution in [3.63, 3.8) is 0 Å². The van der Waals surface area contributed by atoms with Gasteiger partial charge in [0, 0.05) is 21.2 Å². The van der Waals surface area contributed by atoms with Gasteiger partial charge < -0.3 is 10.1 Å². The number of hydrogen-bond donors (Lipinski definition) is 1. The summed E-state index contributed by atoms with van der Waals surface area (Å²) in [5.41, 5.74) is 1.38. The number of nitrogens with one attached hydrogen (secondary N) is 1. The number of thiophene rings is 2. The monoisotopic (exact) mass is 377 g/mol. The Morgan fingerprint density at radius 1 is 1.28 bits per heavy atom. The Morgan fingerprint density at radius 3 is 2.68 bits per heavy atom. The maximum absolute atomic E-state index is 12.7. The first kappa shape index (κ1) is 18.1. The smallest absolute Gasteiger partial charge is 0.341 e. The Labute approximate surface area is 156 Å². The molecule has 1 aliphatic carbocycles. The van der Waals surface area contributed by atoms with E-state index in [4.69, 9.17) is 4.74 Å². The lowest BCUT2D eigenvalue weighted by atomic mass is 9.89. The van der Waals surface area contributed by atoms with Gasteiger partial charge in [0.15, 0.2) is 0 Å². The molecule has 4 nitrogen and oxygen atoms in total. The van der Waals surface area contributed by atoms with Crippen LogP contribution in [0.2, 0.25) is 0 Å². The minimum atomic E-state index is -0.366. The van der Waals surface area contributed by atoms with E-state index in [0.717, 1.165) is 41.0 Å². The minimum Gasteiger partial charge on any atom is -0.462 e. The Morgan fingerprint density at radius 2 is 2.04 bits per heavy atom. The highest BCUT2D eigenvalue weighted by Gasteiger charge is 2.28. The molecule has 3 rings (SSSR count). The van der Waals surface area contributed by atoms with Crippen LogP contribution in [-0.4, -0.2) is 18.5 Å². The summed E-state index contributed by atoms with van der Waals surface area (Å²) in [5.74, 6) is -0.283. The number of esters is 1. The van der Waals surface area contributed by atoms with Crippen LogP contribution in [-0.2, 0) is 9.53 Å². The first-order valence-corrected chi connectivity index (χ1v) is 10.5. The molecule has 0 aromatic carbocycles. The summed E-state index contributed by atoms with van der Waals surface area (Å²) >= 11 is 3.05. The molecule has 2 heterocycles. The Kier molecular flexibility index (Phi) is 5.91. The predicted octanol–water partition coefficient (Wildman–Crippen LogP) is 5.48. The molecule has 134 valence electrons. The lowest BCUT2D eigenvalue weighted by Crippen LogP contribution is -2.25. The molecule has 0 unspecified atom stereocenters. The zero-order valence-corrected chi connectivity index (χ0v) is 16.2. The largest absolute Gasteiger partial charge is 0.462 e. The average Bonchev–Trinajstić information content (AvgIpc) is 3.23. The van der Waals surface area contributed by atoms with Crippen LogP contribution in [0.15, 0.2) is 17.5 Å². The van der Waals surface area contributed by atoms with Gasteiger partial charge in [-0.1, -0.05) is 25.3 Å². The number of ether oxygens (including phenoxy) is 1. The van der Waals surface area contributed by atoms with Gasteiger partial charge in [-0.15, -0.1) is 22.7 Å². The molecule has 1 N–H and O–H groups in total. The van der Waals surface area contributed by atoms with Crippen molar-refractivity contribution in [3.8, 4) is 10.4 Å². The van der Waals surface area contributed by atoms with Gasteiger partial charge in [0.1, 0.15) is 10.6 Å². The molecule has 1 amide bonds. The number of carbonyl (C=O) groups is 2. The standard InChI is InChI=1S/C19H23NO3S2/c1-3-23-19(22)16-15(14-10-7-11-24-14)12(2)25-18(16)20-17(21)13-8-5-4-6-9-13/h7,10-11,13H,3-6,8-9H2,1-2H3,(H,20,21). The van der Waals surface area contributed by atoms with Gasteiger partial charge >= 0.3 is 5.97 Å². The van der Waals surface area contributed by atoms with E-state index >= 15 is 0 Å². The predicted molar refractivity (Wildman–Crippen MR) is 104 cm³/mol. The SMILES string of the molecule is CCOC(=O)c1c(NC(=O)C2CCCCC2)sc(C)c1-c1cccs1. The average molecular weight is 378 g/mol. The van der Waals surface area contributed by atoms with Crippen LogP contribution in [0.4, 0.5) is 5.00 Å². The Hall–Kier alpha value is -1.66. The van der Waals surface area contributed by atoms with Gasteiger partial charge in [-0.3, -0.25) is 4.79 Å². The Bertz CT molecular complexity index is 743. The summed E-state index contributed by atoms with van der Waals surface area (Å²) in [6.45, 7) is 4.09. The van der Waals surface area contributed by atoms with E-state index in [0.29, 0.717) is 17.2 Å². The van der Waals surface area contributed by atoms with Crippen LogP contribution in [0, 0.1) is 12.8 Å². The summed E-state index contributed by atoms with van der Waals surface area (Å²) in [7, 11) is 0. The van der Waals surface area contributed by atoms with E-state index in [1.807, 2.05) is 24.4 Å². The maximum Gasteiger partial charge on any atom is 0.341 e. The number of hydrogen-bond acceptors (Lipinski definition) is 5. The number of amides is 1. The van der Waals surface area contributed by atoms with E-state index in [1.54, 1.807) is 18.3 Å². The fraction of sp³-hybridized carbons (Fsp3) is 0.474. The number of aryl methyl sites for hydroxylation is 1. The van der Waals surface area contributed by atoms with E-state index in [9.17, 15) is 9.59 Å². The summed E-state index contributed by atoms with van der Waals surface area (Å²) < 4.78 is 5.27. The Balaban J connectivity index is 1.94. The molecule has 0 aliphatic heterocycles. The second-order valence-corrected chi connectivity index (χ2v) is 8.43. The van der Waals surface area contributed by atoms with Crippen molar-refractivity contribution in [2.45, 2.75) is 46.0 Å². The summed E-state index contributed by atoms with van der Waals surface area (Å²) in [6, 6.07) is 3.96. The first-order chi connectivity index (χ1) is 12.1. The quantitative estimate of drug-likeness (QED) is 0.702. The topological polar surface area (TPSA) is 55.4 Å². The molecule has 2 aromatic heterocycles. The van der Waals surface area contributed by atoms with Crippen molar-refractivity contribution in [2.24, 2.45) is 5.92 Å². The van der Waals surface area contributed by atoms with Crippen LogP contribution < -0.4 is 5.32 Å². The lowest BCUT2D eigenvalue weighted by Gasteiger charge is -2.20. The molecule has 0 radical (unpaired) electrons. The van der Waals surface area contributed by atoms with Crippen molar-refractivity contribution in [3.05, 3.63) is 28.0 Å². The number of carbonyl (C=O) groups excluding carboxylic acids is 2. The van der Waals surface area contributed by atoms with Gasteiger partial charge in [0.2, 0.25) is 5.91 Å². The third kappa shape index (κ3) is 3.96. The lowest BCUT2D eigenvalue weighted by molar-refractivity contribution is -0.120. The second-order valence-electron chi connectivity index (χ2n) is 6.26. The third-order valence-corrected chi connectivity index (χ3v) is 6.45. The van der Waals surface area contributed by atoms with Gasteiger partial charge in [-0.25, -0.2) is 4.79 Å². The highest BCUT2D eigenvalue weighted by molar-refractivity contribution is 7.18. The zero-order valence-electron chi connectivity index (χ0n) is 14.6. The van der Waals surface area contributed by atoms with Crippen molar-refractivity contribution in [1.29, 1.82) is 0 Å². The highest BCUT2D eigenvalue weighted by atomic mass is 32.1. The van der Waals surface area contributed by atoms with Crippen molar-refractivity contribution in [2.75, 3.05) is 11.9 Å². The number of rotatable bonds is 5. The molecular formula is C19H23NO3S2. The minimum absolute atomic E-state index is 0.0317. The van der Waals surface area contributed by atoms with E-state index in [2.05, 4.69) is 5.32 Å². The summed E-state index contributed by atoms with van der Waals surface area (Å²) in [4.78, 5) is 27.3. The van der Waals surface area contributed by atoms with E-state index < -0.39 is 0 Å². The zero-order chi connectivity index (χ0) is 17.8. The van der Waals surface area contributed by atoms with E-state index in [1.165, 1.54) is 17.8 Å². The van der Waals surface area contributed by atoms with E-state index in [-0.39, 0.29) is 17.8 Å². The van der Waals surface area contributed by atoms with Gasteiger partial charge in [0.25, 0.3) is 0 Å². The van der Waals surface area contributed by atoms with Gasteiger partial charge in [-0.05, 0) is 38.1 Å². The van der Waals surface area contributed by atoms with Crippen LogP contribution in [0.25, 0.3) is 10.4 Å². The molecule has 0 saturated heterocycles. The third-order valence-electron chi connectivity index (χ3n) is 4.54. The van der Waals surface area contributed by atoms with Crippen molar-refractivity contribution >= 4 is 39.6 Å². The molecule has 1 aliphatic rings. The molecule has 1 saturated carbocycles. The van der Waals surface area contributed by atoms with Crippen molar-refractivity contribution < 1.29 is 14.3 Å². The summed E-state index contributed by atoms with van der Waals surface area (Å²) in [6.07, 6.45) is 5.28. The van der Waals surface area contributed by atoms with Crippen LogP contribution in [0.5, 0.6) is 0 Å². The van der Waals surface area contributed by atoms with Gasteiger partial charge in [-0.2, -0.15) is 0 Å². The van der Waals surface area contributed by atoms with Crippen molar-refractivity contribution in [1.82, 2.24) is 0 Å². The molecule has 25 heavy (non-hydrogen) atoms. The highest BCUT2D eigenvalue weighted by Crippen LogP contribution is 2.42. The first-order valence-electron chi connectivity index (χ1n) is 8.77. The van der Waals surface area contributed by atoms with Gasteiger partial charge in [0.05, 0.1) is 6.61 Å². The molecule has 0 bridgehead atoms. The summed E-state index contributed by atoms with van der Waals surface area (Å²) in [5, 5.41) is 5.63. The molecule has 0 atom stereocenters. The fourth-order valence-electron chi connectivity index (χ4n) is 3.33. The molecule has 2 aromatic rings. The fourth-order valence-corrected chi connectivity index (χ4v) is 5.28. The molecule has 6 heteroatoms. The molecular weight excluding hydrogens is 354 g/mol. The number of anilines is 1.